The maximum absolute atomic E-state index is 5.68. The lowest BCUT2D eigenvalue weighted by molar-refractivity contribution is 0.292. The smallest absolute Gasteiger partial charge is 0.161 e. The van der Waals surface area contributed by atoms with Gasteiger partial charge < -0.3 is 14.8 Å². The van der Waals surface area contributed by atoms with E-state index < -0.39 is 0 Å². The summed E-state index contributed by atoms with van der Waals surface area (Å²) < 4.78 is 10.9. The highest BCUT2D eigenvalue weighted by Gasteiger charge is 2.01. The van der Waals surface area contributed by atoms with Crippen molar-refractivity contribution >= 4 is 0 Å². The Labute approximate surface area is 119 Å². The van der Waals surface area contributed by atoms with Crippen LogP contribution in [-0.4, -0.2) is 31.8 Å². The number of aromatic nitrogens is 1. The van der Waals surface area contributed by atoms with Gasteiger partial charge in [0.25, 0.3) is 0 Å². The minimum Gasteiger partial charge on any atom is -0.493 e. The second-order valence-electron chi connectivity index (χ2n) is 4.32. The van der Waals surface area contributed by atoms with E-state index in [-0.39, 0.29) is 0 Å². The fourth-order valence-electron chi connectivity index (χ4n) is 1.86. The second-order valence-corrected chi connectivity index (χ2v) is 4.32. The fourth-order valence-corrected chi connectivity index (χ4v) is 1.86. The van der Waals surface area contributed by atoms with Crippen molar-refractivity contribution in [1.82, 2.24) is 10.3 Å². The van der Waals surface area contributed by atoms with E-state index in [2.05, 4.69) is 10.3 Å². The molecule has 0 saturated heterocycles. The van der Waals surface area contributed by atoms with Gasteiger partial charge in [0.15, 0.2) is 11.5 Å². The summed E-state index contributed by atoms with van der Waals surface area (Å²) in [6, 6.07) is 13.6. The zero-order valence-corrected chi connectivity index (χ0v) is 11.7. The molecule has 0 unspecified atom stereocenters. The molecule has 1 heterocycles. The predicted octanol–water partition coefficient (Wildman–Crippen LogP) is 2.30. The Balaban J connectivity index is 1.62. The number of para-hydroxylation sites is 2. The summed E-state index contributed by atoms with van der Waals surface area (Å²) in [5.74, 6) is 1.54. The van der Waals surface area contributed by atoms with E-state index in [9.17, 15) is 0 Å². The first-order chi connectivity index (χ1) is 9.90. The van der Waals surface area contributed by atoms with E-state index in [4.69, 9.17) is 9.47 Å². The summed E-state index contributed by atoms with van der Waals surface area (Å²) in [7, 11) is 1.65. The molecule has 1 aromatic carbocycles. The van der Waals surface area contributed by atoms with Crippen molar-refractivity contribution < 1.29 is 9.47 Å². The number of ether oxygens (including phenoxy) is 2. The highest BCUT2D eigenvalue weighted by molar-refractivity contribution is 5.39. The highest BCUT2D eigenvalue weighted by atomic mass is 16.5. The molecule has 0 spiro atoms. The van der Waals surface area contributed by atoms with Gasteiger partial charge in [0.2, 0.25) is 0 Å². The number of pyridine rings is 1. The van der Waals surface area contributed by atoms with Crippen LogP contribution in [0.25, 0.3) is 0 Å². The molecule has 4 heteroatoms. The zero-order valence-electron chi connectivity index (χ0n) is 11.7. The third-order valence-electron chi connectivity index (χ3n) is 2.89. The quantitative estimate of drug-likeness (QED) is 0.749. The predicted molar refractivity (Wildman–Crippen MR) is 79.3 cm³/mol. The minimum atomic E-state index is 0.614. The highest BCUT2D eigenvalue weighted by Crippen LogP contribution is 2.25. The average molecular weight is 272 g/mol. The van der Waals surface area contributed by atoms with Crippen LogP contribution in [0.1, 0.15) is 5.69 Å². The maximum atomic E-state index is 5.68. The number of nitrogens with one attached hydrogen (secondary N) is 1. The topological polar surface area (TPSA) is 43.4 Å². The van der Waals surface area contributed by atoms with E-state index in [1.165, 1.54) is 0 Å². The van der Waals surface area contributed by atoms with Gasteiger partial charge >= 0.3 is 0 Å². The van der Waals surface area contributed by atoms with Crippen LogP contribution in [0.4, 0.5) is 0 Å². The van der Waals surface area contributed by atoms with Gasteiger partial charge in [0.1, 0.15) is 6.61 Å². The van der Waals surface area contributed by atoms with Crippen molar-refractivity contribution in [3.05, 3.63) is 54.4 Å². The Bertz CT molecular complexity index is 503. The minimum absolute atomic E-state index is 0.614. The third-order valence-corrected chi connectivity index (χ3v) is 2.89. The van der Waals surface area contributed by atoms with E-state index in [0.717, 1.165) is 36.7 Å². The van der Waals surface area contributed by atoms with Crippen LogP contribution in [0.5, 0.6) is 11.5 Å². The molecule has 20 heavy (non-hydrogen) atoms. The molecule has 0 aliphatic rings. The van der Waals surface area contributed by atoms with Crippen LogP contribution < -0.4 is 14.8 Å². The first kappa shape index (κ1) is 14.3. The Morgan fingerprint density at radius 1 is 1.00 bits per heavy atom. The van der Waals surface area contributed by atoms with Gasteiger partial charge in [-0.3, -0.25) is 4.98 Å². The molecule has 0 aliphatic heterocycles. The van der Waals surface area contributed by atoms with Gasteiger partial charge in [0.05, 0.1) is 7.11 Å². The molecule has 0 amide bonds. The molecule has 0 aliphatic carbocycles. The number of nitrogens with zero attached hydrogens (tertiary/aromatic N) is 1. The van der Waals surface area contributed by atoms with Gasteiger partial charge in [-0.05, 0) is 24.3 Å². The summed E-state index contributed by atoms with van der Waals surface area (Å²) in [5, 5.41) is 3.34. The van der Waals surface area contributed by atoms with Gasteiger partial charge in [-0.15, -0.1) is 0 Å². The summed E-state index contributed by atoms with van der Waals surface area (Å²) >= 11 is 0. The lowest BCUT2D eigenvalue weighted by Crippen LogP contribution is -2.23. The van der Waals surface area contributed by atoms with Crippen LogP contribution >= 0.6 is 0 Å². The number of methoxy groups -OCH3 is 1. The van der Waals surface area contributed by atoms with Crippen LogP contribution in [0, 0.1) is 0 Å². The Hall–Kier alpha value is -2.07. The van der Waals surface area contributed by atoms with Crippen LogP contribution in [0.2, 0.25) is 0 Å². The first-order valence-electron chi connectivity index (χ1n) is 6.76. The fraction of sp³-hybridized carbons (Fsp3) is 0.312. The van der Waals surface area contributed by atoms with E-state index in [1.54, 1.807) is 7.11 Å². The Kier molecular flexibility index (Phi) is 5.86. The monoisotopic (exact) mass is 272 g/mol. The lowest BCUT2D eigenvalue weighted by atomic mass is 10.3. The van der Waals surface area contributed by atoms with Crippen molar-refractivity contribution in [3.63, 3.8) is 0 Å². The normalized spacial score (nSPS) is 10.2. The molecule has 2 rings (SSSR count). The molecule has 0 radical (unpaired) electrons. The molecule has 0 bridgehead atoms. The molecule has 1 N–H and O–H groups in total. The van der Waals surface area contributed by atoms with Gasteiger partial charge in [-0.2, -0.15) is 0 Å². The zero-order chi connectivity index (χ0) is 14.0. The average Bonchev–Trinajstić information content (AvgIpc) is 2.52. The molecule has 0 saturated carbocycles. The van der Waals surface area contributed by atoms with E-state index in [1.807, 2.05) is 48.7 Å². The summed E-state index contributed by atoms with van der Waals surface area (Å²) in [6.07, 6.45) is 2.75. The molecule has 1 aromatic heterocycles. The molecule has 0 atom stereocenters. The number of hydrogen-bond donors (Lipinski definition) is 1. The van der Waals surface area contributed by atoms with Gasteiger partial charge in [-0.25, -0.2) is 0 Å². The van der Waals surface area contributed by atoms with Crippen molar-refractivity contribution in [2.24, 2.45) is 0 Å². The Morgan fingerprint density at radius 2 is 1.80 bits per heavy atom. The molecule has 0 fully saturated rings. The standard InChI is InChI=1S/C16H20N2O2/c1-19-15-7-2-3-8-16(15)20-13-12-17-11-9-14-6-4-5-10-18-14/h2-8,10,17H,9,11-13H2,1H3. The van der Waals surface area contributed by atoms with Gasteiger partial charge in [0, 0.05) is 31.4 Å². The molecule has 2 aromatic rings. The second kappa shape index (κ2) is 8.17. The van der Waals surface area contributed by atoms with Crippen molar-refractivity contribution in [1.29, 1.82) is 0 Å². The number of hydrogen-bond acceptors (Lipinski definition) is 4. The maximum Gasteiger partial charge on any atom is 0.161 e. The SMILES string of the molecule is COc1ccccc1OCCNCCc1ccccn1. The summed E-state index contributed by atoms with van der Waals surface area (Å²) in [6.45, 7) is 2.31. The summed E-state index contributed by atoms with van der Waals surface area (Å²) in [5.41, 5.74) is 1.10. The largest absolute Gasteiger partial charge is 0.493 e. The Morgan fingerprint density at radius 3 is 2.55 bits per heavy atom. The van der Waals surface area contributed by atoms with Crippen LogP contribution in [-0.2, 0) is 6.42 Å². The summed E-state index contributed by atoms with van der Waals surface area (Å²) in [4.78, 5) is 4.28. The molecule has 4 nitrogen and oxygen atoms in total. The van der Waals surface area contributed by atoms with E-state index >= 15 is 0 Å². The molecular weight excluding hydrogens is 252 g/mol. The number of rotatable bonds is 8. The van der Waals surface area contributed by atoms with Crippen molar-refractivity contribution in [2.75, 3.05) is 26.8 Å². The van der Waals surface area contributed by atoms with Gasteiger partial charge in [-0.1, -0.05) is 18.2 Å². The van der Waals surface area contributed by atoms with Crippen LogP contribution in [0.15, 0.2) is 48.7 Å². The third kappa shape index (κ3) is 4.55. The van der Waals surface area contributed by atoms with Crippen molar-refractivity contribution in [3.8, 4) is 11.5 Å². The van der Waals surface area contributed by atoms with E-state index in [0.29, 0.717) is 6.61 Å². The first-order valence-corrected chi connectivity index (χ1v) is 6.76. The van der Waals surface area contributed by atoms with Crippen LogP contribution in [0.3, 0.4) is 0 Å². The lowest BCUT2D eigenvalue weighted by Gasteiger charge is -2.10. The number of benzene rings is 1. The van der Waals surface area contributed by atoms with Crippen molar-refractivity contribution in [2.45, 2.75) is 6.42 Å². The molecule has 106 valence electrons. The molecular formula is C16H20N2O2.